The second kappa shape index (κ2) is 9.39. The standard InChI is InChI=1S/C22H27N3O5/c1-5-30-22(27)18-13-17-16(9-11-24(17)2)25(18)14-21(26)23-10-8-15-6-7-19(28-3)20(12-15)29-4/h6-7,9,11-13H,5,8,10,14H2,1-4H3,(H,23,26). The maximum Gasteiger partial charge on any atom is 0.355 e. The normalized spacial score (nSPS) is 10.8. The Morgan fingerprint density at radius 3 is 2.50 bits per heavy atom. The molecule has 160 valence electrons. The second-order valence-corrected chi connectivity index (χ2v) is 6.82. The van der Waals surface area contributed by atoms with E-state index in [1.165, 1.54) is 0 Å². The summed E-state index contributed by atoms with van der Waals surface area (Å²) in [5.74, 6) is 0.699. The van der Waals surface area contributed by atoms with Crippen molar-refractivity contribution in [3.63, 3.8) is 0 Å². The Hall–Kier alpha value is -3.42. The fourth-order valence-electron chi connectivity index (χ4n) is 3.40. The van der Waals surface area contributed by atoms with E-state index in [9.17, 15) is 9.59 Å². The van der Waals surface area contributed by atoms with Crippen LogP contribution in [0.4, 0.5) is 0 Å². The molecular formula is C22H27N3O5. The number of nitrogens with one attached hydrogen (secondary N) is 1. The van der Waals surface area contributed by atoms with E-state index < -0.39 is 5.97 Å². The molecule has 0 aliphatic rings. The minimum Gasteiger partial charge on any atom is -0.493 e. The molecule has 0 bridgehead atoms. The maximum absolute atomic E-state index is 12.6. The fraction of sp³-hybridized carbons (Fsp3) is 0.364. The molecule has 0 atom stereocenters. The number of hydrogen-bond donors (Lipinski definition) is 1. The van der Waals surface area contributed by atoms with Crippen LogP contribution in [0.25, 0.3) is 11.0 Å². The zero-order valence-electron chi connectivity index (χ0n) is 17.7. The molecule has 2 aromatic heterocycles. The number of aryl methyl sites for hydroxylation is 1. The number of fused-ring (bicyclic) bond motifs is 1. The van der Waals surface area contributed by atoms with Crippen LogP contribution in [0.15, 0.2) is 36.5 Å². The van der Waals surface area contributed by atoms with Crippen LogP contribution in [0.2, 0.25) is 0 Å². The van der Waals surface area contributed by atoms with E-state index in [1.807, 2.05) is 42.1 Å². The number of methoxy groups -OCH3 is 2. The van der Waals surface area contributed by atoms with Crippen LogP contribution in [0, 0.1) is 0 Å². The summed E-state index contributed by atoms with van der Waals surface area (Å²) in [7, 11) is 5.07. The third kappa shape index (κ3) is 4.42. The lowest BCUT2D eigenvalue weighted by molar-refractivity contribution is -0.121. The number of amides is 1. The minimum absolute atomic E-state index is 0.0353. The molecule has 8 heteroatoms. The monoisotopic (exact) mass is 413 g/mol. The molecule has 2 heterocycles. The van der Waals surface area contributed by atoms with E-state index in [-0.39, 0.29) is 19.1 Å². The van der Waals surface area contributed by atoms with Gasteiger partial charge in [-0.1, -0.05) is 6.07 Å². The van der Waals surface area contributed by atoms with Crippen molar-refractivity contribution in [1.29, 1.82) is 0 Å². The van der Waals surface area contributed by atoms with Crippen LogP contribution in [-0.2, 0) is 29.5 Å². The Morgan fingerprint density at radius 2 is 1.80 bits per heavy atom. The van der Waals surface area contributed by atoms with Crippen molar-refractivity contribution in [3.05, 3.63) is 47.8 Å². The van der Waals surface area contributed by atoms with Gasteiger partial charge < -0.3 is 28.7 Å². The van der Waals surface area contributed by atoms with Gasteiger partial charge in [-0.15, -0.1) is 0 Å². The first kappa shape index (κ1) is 21.3. The molecular weight excluding hydrogens is 386 g/mol. The predicted octanol–water partition coefficient (Wildman–Crippen LogP) is 2.53. The average molecular weight is 413 g/mol. The first-order valence-corrected chi connectivity index (χ1v) is 9.77. The summed E-state index contributed by atoms with van der Waals surface area (Å²) in [4.78, 5) is 24.9. The molecule has 1 amide bonds. The third-order valence-electron chi connectivity index (χ3n) is 4.92. The number of hydrogen-bond acceptors (Lipinski definition) is 5. The van der Waals surface area contributed by atoms with Gasteiger partial charge in [0.05, 0.1) is 31.9 Å². The van der Waals surface area contributed by atoms with Gasteiger partial charge in [-0.2, -0.15) is 0 Å². The Bertz CT molecular complexity index is 1050. The lowest BCUT2D eigenvalue weighted by Crippen LogP contribution is -2.30. The first-order chi connectivity index (χ1) is 14.5. The molecule has 1 N–H and O–H groups in total. The van der Waals surface area contributed by atoms with Crippen LogP contribution in [0.3, 0.4) is 0 Å². The highest BCUT2D eigenvalue weighted by atomic mass is 16.5. The third-order valence-corrected chi connectivity index (χ3v) is 4.92. The summed E-state index contributed by atoms with van der Waals surface area (Å²) in [5, 5.41) is 2.91. The fourth-order valence-corrected chi connectivity index (χ4v) is 3.40. The molecule has 8 nitrogen and oxygen atoms in total. The molecule has 1 aromatic carbocycles. The van der Waals surface area contributed by atoms with Gasteiger partial charge in [-0.25, -0.2) is 4.79 Å². The Balaban J connectivity index is 1.67. The van der Waals surface area contributed by atoms with Gasteiger partial charge in [0.15, 0.2) is 11.5 Å². The molecule has 0 unspecified atom stereocenters. The molecule has 0 radical (unpaired) electrons. The van der Waals surface area contributed by atoms with Gasteiger partial charge in [0, 0.05) is 19.8 Å². The Morgan fingerprint density at radius 1 is 1.03 bits per heavy atom. The number of carbonyl (C=O) groups excluding carboxylic acids is 2. The first-order valence-electron chi connectivity index (χ1n) is 9.77. The predicted molar refractivity (Wildman–Crippen MR) is 113 cm³/mol. The number of aromatic nitrogens is 2. The van der Waals surface area contributed by atoms with Crippen molar-refractivity contribution in [2.45, 2.75) is 19.9 Å². The van der Waals surface area contributed by atoms with Crippen molar-refractivity contribution in [3.8, 4) is 11.5 Å². The highest BCUT2D eigenvalue weighted by Crippen LogP contribution is 2.27. The van der Waals surface area contributed by atoms with E-state index in [2.05, 4.69) is 5.32 Å². The molecule has 0 aliphatic heterocycles. The molecule has 0 aliphatic carbocycles. The lowest BCUT2D eigenvalue weighted by atomic mass is 10.1. The topological polar surface area (TPSA) is 83.7 Å². The van der Waals surface area contributed by atoms with Crippen molar-refractivity contribution in [2.75, 3.05) is 27.4 Å². The van der Waals surface area contributed by atoms with Gasteiger partial charge in [0.1, 0.15) is 12.2 Å². The quantitative estimate of drug-likeness (QED) is 0.545. The van der Waals surface area contributed by atoms with Crippen LogP contribution in [0.5, 0.6) is 11.5 Å². The molecule has 0 fully saturated rings. The largest absolute Gasteiger partial charge is 0.493 e. The smallest absolute Gasteiger partial charge is 0.355 e. The maximum atomic E-state index is 12.6. The number of esters is 1. The molecule has 0 spiro atoms. The van der Waals surface area contributed by atoms with Crippen molar-refractivity contribution in [1.82, 2.24) is 14.5 Å². The second-order valence-electron chi connectivity index (χ2n) is 6.82. The van der Waals surface area contributed by atoms with E-state index in [1.54, 1.807) is 31.8 Å². The van der Waals surface area contributed by atoms with E-state index in [0.29, 0.717) is 30.2 Å². The van der Waals surface area contributed by atoms with Gasteiger partial charge in [-0.05, 0) is 43.2 Å². The van der Waals surface area contributed by atoms with Crippen LogP contribution in [-0.4, -0.2) is 48.4 Å². The van der Waals surface area contributed by atoms with Gasteiger partial charge in [-0.3, -0.25) is 4.79 Å². The number of benzene rings is 1. The highest BCUT2D eigenvalue weighted by Gasteiger charge is 2.20. The van der Waals surface area contributed by atoms with Crippen LogP contribution < -0.4 is 14.8 Å². The molecule has 30 heavy (non-hydrogen) atoms. The number of carbonyl (C=O) groups is 2. The summed E-state index contributed by atoms with van der Waals surface area (Å²) in [6.07, 6.45) is 2.54. The number of rotatable bonds is 9. The zero-order valence-corrected chi connectivity index (χ0v) is 17.7. The van der Waals surface area contributed by atoms with Crippen molar-refractivity contribution >= 4 is 22.9 Å². The molecule has 0 saturated heterocycles. The summed E-state index contributed by atoms with van der Waals surface area (Å²) in [5.41, 5.74) is 3.08. The Labute approximate surface area is 175 Å². The van der Waals surface area contributed by atoms with E-state index >= 15 is 0 Å². The molecule has 3 rings (SSSR count). The lowest BCUT2D eigenvalue weighted by Gasteiger charge is -2.11. The highest BCUT2D eigenvalue weighted by molar-refractivity contribution is 5.96. The average Bonchev–Trinajstić information content (AvgIpc) is 3.28. The van der Waals surface area contributed by atoms with Crippen molar-refractivity contribution < 1.29 is 23.8 Å². The number of ether oxygens (including phenoxy) is 3. The number of nitrogens with zero attached hydrogens (tertiary/aromatic N) is 2. The van der Waals surface area contributed by atoms with Crippen LogP contribution in [0.1, 0.15) is 23.0 Å². The van der Waals surface area contributed by atoms with Gasteiger partial charge >= 0.3 is 5.97 Å². The molecule has 3 aromatic rings. The van der Waals surface area contributed by atoms with Gasteiger partial charge in [0.25, 0.3) is 0 Å². The molecule has 0 saturated carbocycles. The van der Waals surface area contributed by atoms with E-state index in [0.717, 1.165) is 16.6 Å². The summed E-state index contributed by atoms with van der Waals surface area (Å²) in [6.45, 7) is 2.53. The summed E-state index contributed by atoms with van der Waals surface area (Å²) >= 11 is 0. The zero-order chi connectivity index (χ0) is 21.7. The van der Waals surface area contributed by atoms with Gasteiger partial charge in [0.2, 0.25) is 5.91 Å². The van der Waals surface area contributed by atoms with Crippen LogP contribution >= 0.6 is 0 Å². The summed E-state index contributed by atoms with van der Waals surface area (Å²) < 4.78 is 19.3. The minimum atomic E-state index is -0.438. The van der Waals surface area contributed by atoms with Crippen molar-refractivity contribution in [2.24, 2.45) is 7.05 Å². The van der Waals surface area contributed by atoms with E-state index in [4.69, 9.17) is 14.2 Å². The Kier molecular flexibility index (Phi) is 6.66. The summed E-state index contributed by atoms with van der Waals surface area (Å²) in [6, 6.07) is 9.31. The SMILES string of the molecule is CCOC(=O)c1cc2c(ccn2C)n1CC(=O)NCCc1ccc(OC)c(OC)c1.